The molecule has 108 valence electrons. The second kappa shape index (κ2) is 5.09. The lowest BCUT2D eigenvalue weighted by molar-refractivity contribution is 0.408. The predicted octanol–water partition coefficient (Wildman–Crippen LogP) is 3.39. The summed E-state index contributed by atoms with van der Waals surface area (Å²) >= 11 is 0. The highest BCUT2D eigenvalue weighted by Crippen LogP contribution is 2.34. The summed E-state index contributed by atoms with van der Waals surface area (Å²) in [5, 5.41) is 10.3. The van der Waals surface area contributed by atoms with Gasteiger partial charge in [0.25, 0.3) is 0 Å². The third-order valence-electron chi connectivity index (χ3n) is 3.41. The Kier molecular flexibility index (Phi) is 3.25. The number of ether oxygens (including phenoxy) is 1. The van der Waals surface area contributed by atoms with Crippen LogP contribution in [0.1, 0.15) is 19.9 Å². The van der Waals surface area contributed by atoms with Gasteiger partial charge in [0.15, 0.2) is 5.65 Å². The zero-order chi connectivity index (χ0) is 15.0. The van der Waals surface area contributed by atoms with Gasteiger partial charge >= 0.3 is 0 Å². The van der Waals surface area contributed by atoms with E-state index in [9.17, 15) is 5.11 Å². The fraction of sp³-hybridized carbons (Fsp3) is 0.250. The number of hydrogen-bond donors (Lipinski definition) is 1. The van der Waals surface area contributed by atoms with Gasteiger partial charge in [0.1, 0.15) is 22.8 Å². The number of imidazole rings is 1. The molecule has 0 fully saturated rings. The van der Waals surface area contributed by atoms with Crippen LogP contribution in [0.25, 0.3) is 22.6 Å². The highest BCUT2D eigenvalue weighted by molar-refractivity contribution is 5.79. The smallest absolute Gasteiger partial charge is 0.160 e. The standard InChI is InChI=1S/C16H17N3O2/c1-10(2)19-15(18-13-5-4-8-17-16(13)19)12-7-6-11(21-3)9-14(12)20/h4-10,20H,1-3H3. The van der Waals surface area contributed by atoms with Gasteiger partial charge in [-0.15, -0.1) is 0 Å². The molecule has 0 amide bonds. The molecule has 0 bridgehead atoms. The highest BCUT2D eigenvalue weighted by Gasteiger charge is 2.18. The van der Waals surface area contributed by atoms with Gasteiger partial charge in [-0.3, -0.25) is 0 Å². The topological polar surface area (TPSA) is 60.2 Å². The van der Waals surface area contributed by atoms with E-state index in [2.05, 4.69) is 23.8 Å². The molecule has 0 radical (unpaired) electrons. The van der Waals surface area contributed by atoms with E-state index in [0.29, 0.717) is 17.1 Å². The van der Waals surface area contributed by atoms with E-state index in [0.717, 1.165) is 11.2 Å². The van der Waals surface area contributed by atoms with Crippen molar-refractivity contribution in [2.75, 3.05) is 7.11 Å². The lowest BCUT2D eigenvalue weighted by Crippen LogP contribution is -2.04. The monoisotopic (exact) mass is 283 g/mol. The fourth-order valence-corrected chi connectivity index (χ4v) is 2.44. The third kappa shape index (κ3) is 2.20. The number of benzene rings is 1. The van der Waals surface area contributed by atoms with Gasteiger partial charge < -0.3 is 14.4 Å². The van der Waals surface area contributed by atoms with Crippen LogP contribution in [0.5, 0.6) is 11.5 Å². The number of phenolic OH excluding ortho intramolecular Hbond substituents is 1. The van der Waals surface area contributed by atoms with Crippen LogP contribution in [0.3, 0.4) is 0 Å². The number of rotatable bonds is 3. The molecule has 21 heavy (non-hydrogen) atoms. The summed E-state index contributed by atoms with van der Waals surface area (Å²) in [5.74, 6) is 1.46. The van der Waals surface area contributed by atoms with Crippen molar-refractivity contribution >= 4 is 11.2 Å². The van der Waals surface area contributed by atoms with Crippen molar-refractivity contribution in [2.24, 2.45) is 0 Å². The van der Waals surface area contributed by atoms with E-state index >= 15 is 0 Å². The first-order chi connectivity index (χ1) is 10.1. The Labute approximate surface area is 122 Å². The van der Waals surface area contributed by atoms with Gasteiger partial charge in [-0.05, 0) is 38.1 Å². The molecular weight excluding hydrogens is 266 g/mol. The molecule has 0 unspecified atom stereocenters. The molecule has 0 aliphatic carbocycles. The Morgan fingerprint density at radius 1 is 1.24 bits per heavy atom. The molecule has 3 rings (SSSR count). The van der Waals surface area contributed by atoms with Crippen LogP contribution in [0.15, 0.2) is 36.5 Å². The molecule has 1 N–H and O–H groups in total. The summed E-state index contributed by atoms with van der Waals surface area (Å²) in [6.45, 7) is 4.14. The maximum Gasteiger partial charge on any atom is 0.160 e. The van der Waals surface area contributed by atoms with Crippen molar-refractivity contribution in [2.45, 2.75) is 19.9 Å². The van der Waals surface area contributed by atoms with Gasteiger partial charge in [-0.25, -0.2) is 9.97 Å². The largest absolute Gasteiger partial charge is 0.507 e. The molecule has 0 aliphatic rings. The van der Waals surface area contributed by atoms with E-state index in [1.165, 1.54) is 0 Å². The minimum atomic E-state index is 0.145. The Balaban J connectivity index is 2.27. The maximum atomic E-state index is 10.3. The second-order valence-corrected chi connectivity index (χ2v) is 5.13. The molecule has 0 saturated heterocycles. The number of aromatic nitrogens is 3. The molecule has 0 aliphatic heterocycles. The normalized spacial score (nSPS) is 11.2. The number of nitrogens with zero attached hydrogens (tertiary/aromatic N) is 3. The van der Waals surface area contributed by atoms with Crippen LogP contribution in [0, 0.1) is 0 Å². The van der Waals surface area contributed by atoms with Crippen molar-refractivity contribution in [1.82, 2.24) is 14.5 Å². The molecule has 0 spiro atoms. The molecule has 3 aromatic rings. The lowest BCUT2D eigenvalue weighted by atomic mass is 10.1. The fourth-order valence-electron chi connectivity index (χ4n) is 2.44. The average molecular weight is 283 g/mol. The summed E-state index contributed by atoms with van der Waals surface area (Å²) < 4.78 is 7.15. The molecule has 2 aromatic heterocycles. The van der Waals surface area contributed by atoms with Crippen molar-refractivity contribution < 1.29 is 9.84 Å². The first-order valence-corrected chi connectivity index (χ1v) is 6.82. The Morgan fingerprint density at radius 2 is 2.05 bits per heavy atom. The van der Waals surface area contributed by atoms with Crippen LogP contribution >= 0.6 is 0 Å². The van der Waals surface area contributed by atoms with E-state index in [1.807, 2.05) is 28.8 Å². The molecule has 5 nitrogen and oxygen atoms in total. The van der Waals surface area contributed by atoms with Gasteiger partial charge in [0, 0.05) is 18.3 Å². The minimum Gasteiger partial charge on any atom is -0.507 e. The summed E-state index contributed by atoms with van der Waals surface area (Å²) in [6, 6.07) is 9.18. The number of fused-ring (bicyclic) bond motifs is 1. The first kappa shape index (κ1) is 13.4. The molecule has 1 aromatic carbocycles. The number of hydrogen-bond acceptors (Lipinski definition) is 4. The zero-order valence-corrected chi connectivity index (χ0v) is 12.2. The van der Waals surface area contributed by atoms with Crippen LogP contribution in [-0.4, -0.2) is 26.8 Å². The van der Waals surface area contributed by atoms with Crippen molar-refractivity contribution in [3.63, 3.8) is 0 Å². The van der Waals surface area contributed by atoms with E-state index in [-0.39, 0.29) is 11.8 Å². The van der Waals surface area contributed by atoms with E-state index in [4.69, 9.17) is 4.74 Å². The number of aromatic hydroxyl groups is 1. The summed E-state index contributed by atoms with van der Waals surface area (Å²) in [7, 11) is 1.57. The highest BCUT2D eigenvalue weighted by atomic mass is 16.5. The predicted molar refractivity (Wildman–Crippen MR) is 81.6 cm³/mol. The third-order valence-corrected chi connectivity index (χ3v) is 3.41. The molecular formula is C16H17N3O2. The Hall–Kier alpha value is -2.56. The number of phenols is 1. The zero-order valence-electron chi connectivity index (χ0n) is 12.2. The van der Waals surface area contributed by atoms with Crippen LogP contribution in [0.2, 0.25) is 0 Å². The Bertz CT molecular complexity index is 793. The van der Waals surface area contributed by atoms with Crippen LogP contribution in [0.4, 0.5) is 0 Å². The SMILES string of the molecule is COc1ccc(-c2nc3cccnc3n2C(C)C)c(O)c1. The average Bonchev–Trinajstić information content (AvgIpc) is 2.86. The molecule has 0 saturated carbocycles. The first-order valence-electron chi connectivity index (χ1n) is 6.82. The maximum absolute atomic E-state index is 10.3. The quantitative estimate of drug-likeness (QED) is 0.800. The van der Waals surface area contributed by atoms with Crippen molar-refractivity contribution in [3.8, 4) is 22.9 Å². The van der Waals surface area contributed by atoms with Crippen LogP contribution in [-0.2, 0) is 0 Å². The van der Waals surface area contributed by atoms with Gasteiger partial charge in [0.2, 0.25) is 0 Å². The Morgan fingerprint density at radius 3 is 2.71 bits per heavy atom. The molecule has 0 atom stereocenters. The molecule has 2 heterocycles. The number of pyridine rings is 1. The summed E-state index contributed by atoms with van der Waals surface area (Å²) in [6.07, 6.45) is 1.75. The van der Waals surface area contributed by atoms with Gasteiger partial charge in [0.05, 0.1) is 12.7 Å². The molecule has 5 heteroatoms. The summed E-state index contributed by atoms with van der Waals surface area (Å²) in [5.41, 5.74) is 2.30. The second-order valence-electron chi connectivity index (χ2n) is 5.13. The van der Waals surface area contributed by atoms with Crippen molar-refractivity contribution in [3.05, 3.63) is 36.5 Å². The summed E-state index contributed by atoms with van der Waals surface area (Å²) in [4.78, 5) is 9.03. The number of methoxy groups -OCH3 is 1. The van der Waals surface area contributed by atoms with E-state index in [1.54, 1.807) is 19.4 Å². The lowest BCUT2D eigenvalue weighted by Gasteiger charge is -2.13. The van der Waals surface area contributed by atoms with Gasteiger partial charge in [-0.2, -0.15) is 0 Å². The van der Waals surface area contributed by atoms with Crippen LogP contribution < -0.4 is 4.74 Å². The minimum absolute atomic E-state index is 0.145. The van der Waals surface area contributed by atoms with E-state index < -0.39 is 0 Å². The van der Waals surface area contributed by atoms with Gasteiger partial charge in [-0.1, -0.05) is 0 Å². The van der Waals surface area contributed by atoms with Crippen molar-refractivity contribution in [1.29, 1.82) is 0 Å².